The molecule has 0 heterocycles. The second kappa shape index (κ2) is 15.8. The van der Waals surface area contributed by atoms with E-state index >= 15 is 0 Å². The van der Waals surface area contributed by atoms with E-state index in [2.05, 4.69) is 26.2 Å². The number of aliphatic hydroxyl groups is 1. The van der Waals surface area contributed by atoms with Crippen LogP contribution in [0.15, 0.2) is 11.6 Å². The zero-order chi connectivity index (χ0) is 9.98. The fourth-order valence-electron chi connectivity index (χ4n) is 0.774. The number of nitrogens with one attached hydrogen (secondary N) is 1. The summed E-state index contributed by atoms with van der Waals surface area (Å²) in [7, 11) is 3.52. The monoisotopic (exact) mass is 211 g/mol. The molecule has 0 aliphatic carbocycles. The Bertz CT molecular complexity index is 113. The normalized spacial score (nSPS) is 10.2. The molecule has 0 aliphatic rings. The first-order chi connectivity index (χ1) is 5.72. The van der Waals surface area contributed by atoms with Crippen molar-refractivity contribution in [2.24, 2.45) is 5.92 Å². The summed E-state index contributed by atoms with van der Waals surface area (Å²) in [6.07, 6.45) is 1.82. The van der Waals surface area contributed by atoms with Crippen molar-refractivity contribution in [3.05, 3.63) is 18.7 Å². The summed E-state index contributed by atoms with van der Waals surface area (Å²) in [5, 5.41) is 11.4. The van der Waals surface area contributed by atoms with Gasteiger partial charge in [-0.15, -0.1) is 0 Å². The van der Waals surface area contributed by atoms with E-state index in [9.17, 15) is 0 Å². The molecular weight excluding hydrogens is 189 g/mol. The molecular formula is C10H22KNO. The minimum absolute atomic E-state index is 0. The van der Waals surface area contributed by atoms with E-state index in [-0.39, 0.29) is 58.0 Å². The van der Waals surface area contributed by atoms with Crippen LogP contribution >= 0.6 is 0 Å². The summed E-state index contributed by atoms with van der Waals surface area (Å²) in [5.41, 5.74) is 1.21. The van der Waals surface area contributed by atoms with Gasteiger partial charge in [-0.05, 0) is 12.5 Å². The van der Waals surface area contributed by atoms with Crippen LogP contribution in [0.1, 0.15) is 27.7 Å². The van der Waals surface area contributed by atoms with Crippen LogP contribution in [-0.4, -0.2) is 18.3 Å². The predicted octanol–water partition coefficient (Wildman–Crippen LogP) is -1.03. The van der Waals surface area contributed by atoms with Crippen molar-refractivity contribution in [1.82, 2.24) is 5.32 Å². The summed E-state index contributed by atoms with van der Waals surface area (Å²) in [6.45, 7) is 9.07. The Morgan fingerprint density at radius 3 is 2.15 bits per heavy atom. The molecule has 0 bridgehead atoms. The summed E-state index contributed by atoms with van der Waals surface area (Å²) in [6, 6.07) is 0. The second-order valence-corrected chi connectivity index (χ2v) is 2.54. The van der Waals surface area contributed by atoms with Gasteiger partial charge in [0.15, 0.2) is 0 Å². The number of rotatable bonds is 4. The molecule has 0 rings (SSSR count). The van der Waals surface area contributed by atoms with Crippen LogP contribution < -0.4 is 56.7 Å². The Hall–Kier alpha value is 1.30. The van der Waals surface area contributed by atoms with Gasteiger partial charge >= 0.3 is 51.4 Å². The third-order valence-corrected chi connectivity index (χ3v) is 1.42. The average Bonchev–Trinajstić information content (AvgIpc) is 2.08. The maximum atomic E-state index is 8.59. The molecule has 0 atom stereocenters. The van der Waals surface area contributed by atoms with Crippen LogP contribution in [0.3, 0.4) is 0 Å². The largest absolute Gasteiger partial charge is 1.00 e. The van der Waals surface area contributed by atoms with Crippen LogP contribution in [-0.2, 0) is 0 Å². The molecule has 0 spiro atoms. The molecule has 0 radical (unpaired) electrons. The van der Waals surface area contributed by atoms with Gasteiger partial charge in [0.2, 0.25) is 0 Å². The van der Waals surface area contributed by atoms with Gasteiger partial charge in [0.05, 0.1) is 6.61 Å². The average molecular weight is 211 g/mol. The number of aliphatic hydroxyl groups excluding tert-OH is 1. The van der Waals surface area contributed by atoms with E-state index in [1.807, 2.05) is 19.9 Å². The Morgan fingerprint density at radius 2 is 1.92 bits per heavy atom. The van der Waals surface area contributed by atoms with Crippen LogP contribution in [0, 0.1) is 13.0 Å². The van der Waals surface area contributed by atoms with Crippen molar-refractivity contribution in [3.8, 4) is 0 Å². The topological polar surface area (TPSA) is 32.3 Å². The Labute approximate surface area is 126 Å². The quantitative estimate of drug-likeness (QED) is 0.354. The Morgan fingerprint density at radius 1 is 1.46 bits per heavy atom. The van der Waals surface area contributed by atoms with E-state index < -0.39 is 0 Å². The van der Waals surface area contributed by atoms with Gasteiger partial charge in [-0.2, -0.15) is 0 Å². The van der Waals surface area contributed by atoms with Crippen LogP contribution in [0.5, 0.6) is 0 Å². The van der Waals surface area contributed by atoms with Gasteiger partial charge in [-0.1, -0.05) is 39.3 Å². The van der Waals surface area contributed by atoms with Gasteiger partial charge in [-0.25, -0.2) is 0 Å². The molecule has 0 aromatic carbocycles. The molecule has 2 nitrogen and oxygen atoms in total. The van der Waals surface area contributed by atoms with Gasteiger partial charge in [-0.3, -0.25) is 7.05 Å². The maximum Gasteiger partial charge on any atom is 1.00 e. The summed E-state index contributed by atoms with van der Waals surface area (Å²) >= 11 is 0. The maximum absolute atomic E-state index is 8.59. The third-order valence-electron chi connectivity index (χ3n) is 1.42. The van der Waals surface area contributed by atoms with Gasteiger partial charge < -0.3 is 10.4 Å². The van der Waals surface area contributed by atoms with Gasteiger partial charge in [0, 0.05) is 0 Å². The molecule has 0 aliphatic heterocycles. The molecule has 0 aromatic rings. The molecule has 0 amide bonds. The first-order valence-electron chi connectivity index (χ1n) is 4.52. The van der Waals surface area contributed by atoms with Crippen molar-refractivity contribution in [1.29, 1.82) is 0 Å². The summed E-state index contributed by atoms with van der Waals surface area (Å²) < 4.78 is 0. The number of hydrogen-bond donors (Lipinski definition) is 2. The van der Waals surface area contributed by atoms with Gasteiger partial charge in [0.25, 0.3) is 0 Å². The molecule has 0 unspecified atom stereocenters. The van der Waals surface area contributed by atoms with E-state index in [0.717, 1.165) is 6.54 Å². The molecule has 13 heavy (non-hydrogen) atoms. The molecule has 0 saturated carbocycles. The van der Waals surface area contributed by atoms with E-state index in [1.165, 1.54) is 5.57 Å². The van der Waals surface area contributed by atoms with E-state index in [4.69, 9.17) is 5.11 Å². The fraction of sp³-hybridized carbons (Fsp3) is 0.700. The summed E-state index contributed by atoms with van der Waals surface area (Å²) in [4.78, 5) is 0. The van der Waals surface area contributed by atoms with Crippen molar-refractivity contribution >= 4 is 0 Å². The fourth-order valence-corrected chi connectivity index (χ4v) is 0.774. The Kier molecular flexibility index (Phi) is 24.0. The predicted molar refractivity (Wildman–Crippen MR) is 54.7 cm³/mol. The minimum Gasteiger partial charge on any atom is -0.469 e. The van der Waals surface area contributed by atoms with Crippen molar-refractivity contribution < 1.29 is 56.5 Å². The second-order valence-electron chi connectivity index (χ2n) is 2.54. The number of hydrogen-bond acceptors (Lipinski definition) is 2. The smallest absolute Gasteiger partial charge is 0.469 e. The molecule has 0 aromatic heterocycles. The van der Waals surface area contributed by atoms with Crippen LogP contribution in [0.2, 0.25) is 0 Å². The van der Waals surface area contributed by atoms with E-state index in [1.54, 1.807) is 0 Å². The van der Waals surface area contributed by atoms with Crippen LogP contribution in [0.25, 0.3) is 0 Å². The zero-order valence-electron chi connectivity index (χ0n) is 9.72. The van der Waals surface area contributed by atoms with Crippen molar-refractivity contribution in [2.45, 2.75) is 27.7 Å². The molecule has 0 saturated heterocycles. The molecule has 74 valence electrons. The van der Waals surface area contributed by atoms with Crippen LogP contribution in [0.4, 0.5) is 0 Å². The Balaban J connectivity index is -0.000000309. The van der Waals surface area contributed by atoms with Crippen molar-refractivity contribution in [3.63, 3.8) is 0 Å². The van der Waals surface area contributed by atoms with Gasteiger partial charge in [0.1, 0.15) is 0 Å². The molecule has 3 heteroatoms. The SMILES string of the molecule is CC.[CH2-]NC/C(=C\CO)C(C)C.[K+]. The first-order valence-corrected chi connectivity index (χ1v) is 4.52. The standard InChI is InChI=1S/C8H16NO.C2H6.K/c1-7(2)8(4-5-10)6-9-3;1-2;/h4,7,9-10H,3,5-6H2,1-2H3;1-2H3;/q-1;;+1/b8-4+;;. The molecule has 0 fully saturated rings. The summed E-state index contributed by atoms with van der Waals surface area (Å²) in [5.74, 6) is 0.487. The molecule has 2 N–H and O–H groups in total. The zero-order valence-corrected chi connectivity index (χ0v) is 12.8. The minimum atomic E-state index is 0. The van der Waals surface area contributed by atoms with E-state index in [0.29, 0.717) is 5.92 Å². The first kappa shape index (κ1) is 19.8. The van der Waals surface area contributed by atoms with Crippen molar-refractivity contribution in [2.75, 3.05) is 13.2 Å². The third kappa shape index (κ3) is 13.3.